The van der Waals surface area contributed by atoms with Crippen LogP contribution in [-0.2, 0) is 0 Å². The molecule has 0 heterocycles. The Labute approximate surface area is 109 Å². The van der Waals surface area contributed by atoms with Gasteiger partial charge in [0.2, 0.25) is 0 Å². The molecule has 0 saturated carbocycles. The molecule has 2 heteroatoms. The third kappa shape index (κ3) is 2.06. The molecule has 2 nitrogen and oxygen atoms in total. The number of hydrogen-bond donors (Lipinski definition) is 2. The monoisotopic (exact) mass is 240 g/mol. The molecule has 0 fully saturated rings. The maximum atomic E-state index is 6.20. The molecule has 0 aromatic heterocycles. The van der Waals surface area contributed by atoms with Crippen molar-refractivity contribution in [2.75, 3.05) is 11.5 Å². The first kappa shape index (κ1) is 12.5. The van der Waals surface area contributed by atoms with Crippen LogP contribution in [0, 0.1) is 6.92 Å². The van der Waals surface area contributed by atoms with Crippen LogP contribution >= 0.6 is 0 Å². The van der Waals surface area contributed by atoms with Gasteiger partial charge < -0.3 is 11.5 Å². The fourth-order valence-electron chi connectivity index (χ4n) is 2.50. The minimum atomic E-state index is 0.386. The van der Waals surface area contributed by atoms with E-state index in [1.54, 1.807) is 0 Å². The van der Waals surface area contributed by atoms with E-state index in [-0.39, 0.29) is 0 Å². The SMILES string of the molecule is Cc1cc(-c2ccccc2)c(N)c(N)c1C(C)C. The number of aryl methyl sites for hydroxylation is 1. The van der Waals surface area contributed by atoms with E-state index >= 15 is 0 Å². The summed E-state index contributed by atoms with van der Waals surface area (Å²) in [5.74, 6) is 0.386. The third-order valence-corrected chi connectivity index (χ3v) is 3.32. The zero-order valence-electron chi connectivity index (χ0n) is 11.2. The van der Waals surface area contributed by atoms with Gasteiger partial charge >= 0.3 is 0 Å². The van der Waals surface area contributed by atoms with Crippen molar-refractivity contribution in [1.82, 2.24) is 0 Å². The molecule has 4 N–H and O–H groups in total. The first-order chi connectivity index (χ1) is 8.52. The highest BCUT2D eigenvalue weighted by Crippen LogP contribution is 2.37. The van der Waals surface area contributed by atoms with E-state index in [1.165, 1.54) is 5.56 Å². The van der Waals surface area contributed by atoms with Crippen molar-refractivity contribution < 1.29 is 0 Å². The van der Waals surface area contributed by atoms with Gasteiger partial charge in [-0.1, -0.05) is 44.2 Å². The van der Waals surface area contributed by atoms with Crippen LogP contribution in [0.5, 0.6) is 0 Å². The van der Waals surface area contributed by atoms with Gasteiger partial charge in [0.1, 0.15) is 0 Å². The van der Waals surface area contributed by atoms with Crippen molar-refractivity contribution in [3.8, 4) is 11.1 Å². The summed E-state index contributed by atoms with van der Waals surface area (Å²) in [7, 11) is 0. The molecule has 0 unspecified atom stereocenters. The Balaban J connectivity index is 2.66. The molecule has 18 heavy (non-hydrogen) atoms. The molecule has 2 rings (SSSR count). The van der Waals surface area contributed by atoms with Gasteiger partial charge in [0.25, 0.3) is 0 Å². The summed E-state index contributed by atoms with van der Waals surface area (Å²) in [5, 5.41) is 0. The molecule has 0 atom stereocenters. The lowest BCUT2D eigenvalue weighted by Gasteiger charge is -2.18. The molecule has 0 aliphatic carbocycles. The molecular weight excluding hydrogens is 220 g/mol. The quantitative estimate of drug-likeness (QED) is 0.781. The maximum absolute atomic E-state index is 6.20. The lowest BCUT2D eigenvalue weighted by molar-refractivity contribution is 0.861. The summed E-state index contributed by atoms with van der Waals surface area (Å²) in [6, 6.07) is 12.3. The van der Waals surface area contributed by atoms with E-state index < -0.39 is 0 Å². The van der Waals surface area contributed by atoms with Crippen LogP contribution in [-0.4, -0.2) is 0 Å². The molecular formula is C16H20N2. The Bertz CT molecular complexity index is 557. The summed E-state index contributed by atoms with van der Waals surface area (Å²) in [6.07, 6.45) is 0. The second-order valence-electron chi connectivity index (χ2n) is 5.00. The molecule has 2 aromatic rings. The predicted molar refractivity (Wildman–Crippen MR) is 79.5 cm³/mol. The van der Waals surface area contributed by atoms with E-state index in [1.807, 2.05) is 18.2 Å². The van der Waals surface area contributed by atoms with Gasteiger partial charge in [0, 0.05) is 5.56 Å². The number of hydrogen-bond acceptors (Lipinski definition) is 2. The average molecular weight is 240 g/mol. The summed E-state index contributed by atoms with van der Waals surface area (Å²) in [5.41, 5.74) is 18.3. The Kier molecular flexibility index (Phi) is 3.28. The highest BCUT2D eigenvalue weighted by Gasteiger charge is 2.14. The second kappa shape index (κ2) is 4.73. The predicted octanol–water partition coefficient (Wildman–Crippen LogP) is 3.95. The van der Waals surface area contributed by atoms with E-state index in [0.29, 0.717) is 11.6 Å². The van der Waals surface area contributed by atoms with E-state index in [9.17, 15) is 0 Å². The lowest BCUT2D eigenvalue weighted by atomic mass is 9.90. The molecule has 0 bridgehead atoms. The zero-order chi connectivity index (χ0) is 13.3. The van der Waals surface area contributed by atoms with Gasteiger partial charge in [-0.25, -0.2) is 0 Å². The molecule has 0 spiro atoms. The minimum absolute atomic E-state index is 0.386. The van der Waals surface area contributed by atoms with E-state index in [0.717, 1.165) is 22.4 Å². The van der Waals surface area contributed by atoms with Crippen molar-refractivity contribution in [1.29, 1.82) is 0 Å². The first-order valence-electron chi connectivity index (χ1n) is 6.26. The second-order valence-corrected chi connectivity index (χ2v) is 5.00. The Morgan fingerprint density at radius 1 is 0.944 bits per heavy atom. The van der Waals surface area contributed by atoms with E-state index in [2.05, 4.69) is 39.0 Å². The maximum Gasteiger partial charge on any atom is 0.0630 e. The fraction of sp³-hybridized carbons (Fsp3) is 0.250. The van der Waals surface area contributed by atoms with Gasteiger partial charge in [-0.3, -0.25) is 0 Å². The molecule has 0 aliphatic heterocycles. The standard InChI is InChI=1S/C16H20N2/c1-10(2)14-11(3)9-13(15(17)16(14)18)12-7-5-4-6-8-12/h4-10H,17-18H2,1-3H3. The molecule has 2 aromatic carbocycles. The molecule has 0 amide bonds. The van der Waals surface area contributed by atoms with Crippen molar-refractivity contribution in [2.45, 2.75) is 26.7 Å². The van der Waals surface area contributed by atoms with Crippen LogP contribution in [0.1, 0.15) is 30.9 Å². The molecule has 0 radical (unpaired) electrons. The van der Waals surface area contributed by atoms with Crippen molar-refractivity contribution in [3.05, 3.63) is 47.5 Å². The highest BCUT2D eigenvalue weighted by molar-refractivity contribution is 5.87. The molecule has 0 aliphatic rings. The van der Waals surface area contributed by atoms with Gasteiger partial charge in [-0.15, -0.1) is 0 Å². The highest BCUT2D eigenvalue weighted by atomic mass is 14.7. The summed E-state index contributed by atoms with van der Waals surface area (Å²) in [6.45, 7) is 6.37. The van der Waals surface area contributed by atoms with Crippen LogP contribution in [0.4, 0.5) is 11.4 Å². The first-order valence-corrected chi connectivity index (χ1v) is 6.26. The van der Waals surface area contributed by atoms with Crippen molar-refractivity contribution in [3.63, 3.8) is 0 Å². The third-order valence-electron chi connectivity index (χ3n) is 3.32. The van der Waals surface area contributed by atoms with Gasteiger partial charge in [-0.05, 0) is 35.6 Å². The molecule has 0 saturated heterocycles. The normalized spacial score (nSPS) is 10.9. The largest absolute Gasteiger partial charge is 0.397 e. The summed E-state index contributed by atoms with van der Waals surface area (Å²) in [4.78, 5) is 0. The minimum Gasteiger partial charge on any atom is -0.397 e. The van der Waals surface area contributed by atoms with Crippen LogP contribution in [0.3, 0.4) is 0 Å². The Morgan fingerprint density at radius 3 is 2.11 bits per heavy atom. The Morgan fingerprint density at radius 2 is 1.56 bits per heavy atom. The van der Waals surface area contributed by atoms with Crippen LogP contribution < -0.4 is 11.5 Å². The summed E-state index contributed by atoms with van der Waals surface area (Å²) < 4.78 is 0. The topological polar surface area (TPSA) is 52.0 Å². The van der Waals surface area contributed by atoms with Gasteiger partial charge in [-0.2, -0.15) is 0 Å². The molecule has 94 valence electrons. The number of rotatable bonds is 2. The van der Waals surface area contributed by atoms with Crippen molar-refractivity contribution >= 4 is 11.4 Å². The van der Waals surface area contributed by atoms with Crippen LogP contribution in [0.2, 0.25) is 0 Å². The van der Waals surface area contributed by atoms with Crippen molar-refractivity contribution in [2.24, 2.45) is 0 Å². The fourth-order valence-corrected chi connectivity index (χ4v) is 2.50. The lowest BCUT2D eigenvalue weighted by Crippen LogP contribution is -2.05. The number of nitrogens with two attached hydrogens (primary N) is 2. The van der Waals surface area contributed by atoms with Gasteiger partial charge in [0.15, 0.2) is 0 Å². The van der Waals surface area contributed by atoms with Crippen LogP contribution in [0.25, 0.3) is 11.1 Å². The average Bonchev–Trinajstić information content (AvgIpc) is 2.34. The smallest absolute Gasteiger partial charge is 0.0630 e. The number of anilines is 2. The zero-order valence-corrected chi connectivity index (χ0v) is 11.2. The summed E-state index contributed by atoms with van der Waals surface area (Å²) >= 11 is 0. The van der Waals surface area contributed by atoms with E-state index in [4.69, 9.17) is 11.5 Å². The van der Waals surface area contributed by atoms with Crippen LogP contribution in [0.15, 0.2) is 36.4 Å². The number of nitrogen functional groups attached to an aromatic ring is 2. The van der Waals surface area contributed by atoms with Gasteiger partial charge in [0.05, 0.1) is 11.4 Å². The number of benzene rings is 2. The Hall–Kier alpha value is -1.96.